The van der Waals surface area contributed by atoms with Crippen molar-refractivity contribution >= 4 is 5.69 Å². The SMILES string of the molecule is CC1Cc2ccccc2N1C(C)OC(C)(C)C. The average molecular weight is 233 g/mol. The minimum Gasteiger partial charge on any atom is -0.353 e. The molecule has 0 fully saturated rings. The lowest BCUT2D eigenvalue weighted by Gasteiger charge is -2.36. The number of hydrogen-bond acceptors (Lipinski definition) is 2. The molecule has 0 saturated heterocycles. The molecule has 0 saturated carbocycles. The average Bonchev–Trinajstić information content (AvgIpc) is 2.50. The molecule has 1 aliphatic rings. The molecule has 2 heteroatoms. The Balaban J connectivity index is 2.21. The van der Waals surface area contributed by atoms with E-state index in [0.717, 1.165) is 6.42 Å². The first-order valence-corrected chi connectivity index (χ1v) is 6.42. The van der Waals surface area contributed by atoms with Crippen LogP contribution in [-0.2, 0) is 11.2 Å². The van der Waals surface area contributed by atoms with Gasteiger partial charge >= 0.3 is 0 Å². The molecule has 0 amide bonds. The minimum atomic E-state index is -0.101. The van der Waals surface area contributed by atoms with Crippen LogP contribution in [0.5, 0.6) is 0 Å². The molecule has 1 heterocycles. The molecule has 0 spiro atoms. The van der Waals surface area contributed by atoms with E-state index in [1.54, 1.807) is 0 Å². The number of anilines is 1. The molecular weight excluding hydrogens is 210 g/mol. The lowest BCUT2D eigenvalue weighted by atomic mass is 10.1. The highest BCUT2D eigenvalue weighted by Crippen LogP contribution is 2.34. The predicted octanol–water partition coefficient (Wildman–Crippen LogP) is 3.60. The summed E-state index contributed by atoms with van der Waals surface area (Å²) in [4.78, 5) is 2.39. The zero-order valence-electron chi connectivity index (χ0n) is 11.5. The molecule has 0 radical (unpaired) electrons. The first-order valence-electron chi connectivity index (χ1n) is 6.42. The van der Waals surface area contributed by atoms with E-state index in [1.165, 1.54) is 11.3 Å². The van der Waals surface area contributed by atoms with Crippen LogP contribution in [-0.4, -0.2) is 17.9 Å². The molecule has 94 valence electrons. The van der Waals surface area contributed by atoms with E-state index >= 15 is 0 Å². The number of fused-ring (bicyclic) bond motifs is 1. The van der Waals surface area contributed by atoms with E-state index in [-0.39, 0.29) is 11.8 Å². The van der Waals surface area contributed by atoms with Gasteiger partial charge in [-0.15, -0.1) is 0 Å². The van der Waals surface area contributed by atoms with Gasteiger partial charge in [-0.25, -0.2) is 0 Å². The molecular formula is C15H23NO. The number of hydrogen-bond donors (Lipinski definition) is 0. The van der Waals surface area contributed by atoms with Crippen molar-refractivity contribution in [2.45, 2.75) is 58.9 Å². The van der Waals surface area contributed by atoms with Gasteiger partial charge in [0.05, 0.1) is 5.60 Å². The molecule has 0 bridgehead atoms. The number of nitrogens with zero attached hydrogens (tertiary/aromatic N) is 1. The third-order valence-corrected chi connectivity index (χ3v) is 3.18. The molecule has 1 aromatic rings. The van der Waals surface area contributed by atoms with Crippen molar-refractivity contribution in [2.75, 3.05) is 4.90 Å². The van der Waals surface area contributed by atoms with E-state index in [2.05, 4.69) is 63.8 Å². The summed E-state index contributed by atoms with van der Waals surface area (Å²) in [5.74, 6) is 0. The fraction of sp³-hybridized carbons (Fsp3) is 0.600. The van der Waals surface area contributed by atoms with E-state index < -0.39 is 0 Å². The highest BCUT2D eigenvalue weighted by Gasteiger charge is 2.31. The Kier molecular flexibility index (Phi) is 3.17. The van der Waals surface area contributed by atoms with Crippen LogP contribution in [0, 0.1) is 0 Å². The van der Waals surface area contributed by atoms with Gasteiger partial charge in [-0.3, -0.25) is 0 Å². The lowest BCUT2D eigenvalue weighted by Crippen LogP contribution is -2.43. The van der Waals surface area contributed by atoms with Crippen LogP contribution in [0.1, 0.15) is 40.2 Å². The zero-order chi connectivity index (χ0) is 12.6. The van der Waals surface area contributed by atoms with Crippen molar-refractivity contribution in [2.24, 2.45) is 0 Å². The van der Waals surface area contributed by atoms with Crippen LogP contribution in [0.15, 0.2) is 24.3 Å². The van der Waals surface area contributed by atoms with Gasteiger partial charge in [-0.1, -0.05) is 18.2 Å². The van der Waals surface area contributed by atoms with Crippen molar-refractivity contribution in [1.29, 1.82) is 0 Å². The molecule has 1 aliphatic heterocycles. The van der Waals surface area contributed by atoms with Crippen LogP contribution < -0.4 is 4.90 Å². The number of rotatable bonds is 2. The highest BCUT2D eigenvalue weighted by atomic mass is 16.5. The van der Waals surface area contributed by atoms with Crippen molar-refractivity contribution in [3.8, 4) is 0 Å². The third kappa shape index (κ3) is 2.63. The molecule has 17 heavy (non-hydrogen) atoms. The standard InChI is InChI=1S/C15H23NO/c1-11-10-13-8-6-7-9-14(13)16(11)12(2)17-15(3,4)5/h6-9,11-12H,10H2,1-5H3. The second kappa shape index (κ2) is 4.34. The van der Waals surface area contributed by atoms with Gasteiger partial charge in [-0.05, 0) is 52.7 Å². The smallest absolute Gasteiger partial charge is 0.128 e. The minimum absolute atomic E-state index is 0.101. The second-order valence-electron chi connectivity index (χ2n) is 5.92. The monoisotopic (exact) mass is 233 g/mol. The van der Waals surface area contributed by atoms with E-state index in [1.807, 2.05) is 0 Å². The van der Waals surface area contributed by atoms with Gasteiger partial charge in [0.15, 0.2) is 0 Å². The maximum Gasteiger partial charge on any atom is 0.128 e. The molecule has 0 aliphatic carbocycles. The Morgan fingerprint density at radius 2 is 1.94 bits per heavy atom. The van der Waals surface area contributed by atoms with Gasteiger partial charge < -0.3 is 9.64 Å². The Hall–Kier alpha value is -1.02. The predicted molar refractivity (Wildman–Crippen MR) is 72.4 cm³/mol. The Morgan fingerprint density at radius 3 is 2.59 bits per heavy atom. The van der Waals surface area contributed by atoms with Gasteiger partial charge in [-0.2, -0.15) is 0 Å². The molecule has 0 aromatic heterocycles. The number of ether oxygens (including phenoxy) is 1. The van der Waals surface area contributed by atoms with E-state index in [4.69, 9.17) is 4.74 Å². The summed E-state index contributed by atoms with van der Waals surface area (Å²) in [6.07, 6.45) is 1.24. The van der Waals surface area contributed by atoms with Gasteiger partial charge in [0, 0.05) is 11.7 Å². The maximum atomic E-state index is 6.07. The van der Waals surface area contributed by atoms with Gasteiger partial charge in [0.2, 0.25) is 0 Å². The molecule has 2 unspecified atom stereocenters. The molecule has 2 atom stereocenters. The number of para-hydroxylation sites is 1. The summed E-state index contributed by atoms with van der Waals surface area (Å²) in [6.45, 7) is 10.7. The van der Waals surface area contributed by atoms with Crippen LogP contribution in [0.2, 0.25) is 0 Å². The molecule has 1 aromatic carbocycles. The largest absolute Gasteiger partial charge is 0.353 e. The summed E-state index contributed by atoms with van der Waals surface area (Å²) >= 11 is 0. The fourth-order valence-electron chi connectivity index (χ4n) is 2.71. The maximum absolute atomic E-state index is 6.07. The summed E-state index contributed by atoms with van der Waals surface area (Å²) in [5.41, 5.74) is 2.66. The normalized spacial score (nSPS) is 21.5. The van der Waals surface area contributed by atoms with Crippen LogP contribution in [0.25, 0.3) is 0 Å². The Morgan fingerprint density at radius 1 is 1.29 bits per heavy atom. The molecule has 2 nitrogen and oxygen atoms in total. The van der Waals surface area contributed by atoms with Crippen LogP contribution >= 0.6 is 0 Å². The van der Waals surface area contributed by atoms with Crippen molar-refractivity contribution in [3.05, 3.63) is 29.8 Å². The van der Waals surface area contributed by atoms with Crippen molar-refractivity contribution in [1.82, 2.24) is 0 Å². The Bertz CT molecular complexity index is 394. The van der Waals surface area contributed by atoms with Crippen LogP contribution in [0.3, 0.4) is 0 Å². The summed E-state index contributed by atoms with van der Waals surface area (Å²) < 4.78 is 6.07. The van der Waals surface area contributed by atoms with Crippen molar-refractivity contribution in [3.63, 3.8) is 0 Å². The van der Waals surface area contributed by atoms with Gasteiger partial charge in [0.1, 0.15) is 6.23 Å². The van der Waals surface area contributed by atoms with E-state index in [9.17, 15) is 0 Å². The zero-order valence-corrected chi connectivity index (χ0v) is 11.5. The van der Waals surface area contributed by atoms with Gasteiger partial charge in [0.25, 0.3) is 0 Å². The third-order valence-electron chi connectivity index (χ3n) is 3.18. The topological polar surface area (TPSA) is 12.5 Å². The second-order valence-corrected chi connectivity index (χ2v) is 5.92. The summed E-state index contributed by atoms with van der Waals surface area (Å²) in [7, 11) is 0. The Labute approximate surface area is 105 Å². The summed E-state index contributed by atoms with van der Waals surface area (Å²) in [5, 5.41) is 0. The first kappa shape index (κ1) is 12.4. The summed E-state index contributed by atoms with van der Waals surface area (Å²) in [6, 6.07) is 9.15. The lowest BCUT2D eigenvalue weighted by molar-refractivity contribution is -0.0535. The van der Waals surface area contributed by atoms with Crippen molar-refractivity contribution < 1.29 is 4.74 Å². The fourth-order valence-corrected chi connectivity index (χ4v) is 2.71. The van der Waals surface area contributed by atoms with E-state index in [0.29, 0.717) is 6.04 Å². The molecule has 2 rings (SSSR count). The van der Waals surface area contributed by atoms with Crippen LogP contribution in [0.4, 0.5) is 5.69 Å². The quantitative estimate of drug-likeness (QED) is 0.774. The number of benzene rings is 1. The first-order chi connectivity index (χ1) is 7.88. The molecule has 0 N–H and O–H groups in total. The highest BCUT2D eigenvalue weighted by molar-refractivity contribution is 5.59.